The first-order valence-corrected chi connectivity index (χ1v) is 12.8. The van der Waals surface area contributed by atoms with Crippen LogP contribution in [0.1, 0.15) is 74.2 Å². The van der Waals surface area contributed by atoms with Gasteiger partial charge in [-0.3, -0.25) is 4.79 Å². The predicted molar refractivity (Wildman–Crippen MR) is 147 cm³/mol. The number of carbonyl (C=O) groups is 1. The first-order chi connectivity index (χ1) is 16.6. The molecule has 0 radical (unpaired) electrons. The molecule has 35 heavy (non-hydrogen) atoms. The molecule has 1 aromatic heterocycles. The van der Waals surface area contributed by atoms with Gasteiger partial charge in [0.15, 0.2) is 5.58 Å². The van der Waals surface area contributed by atoms with Crippen molar-refractivity contribution in [2.45, 2.75) is 58.3 Å². The number of halogens is 1. The van der Waals surface area contributed by atoms with Crippen molar-refractivity contribution in [2.24, 2.45) is 0 Å². The van der Waals surface area contributed by atoms with Crippen LogP contribution in [0.4, 0.5) is 11.7 Å². The molecule has 0 spiro atoms. The third kappa shape index (κ3) is 6.98. The van der Waals surface area contributed by atoms with Gasteiger partial charge in [-0.2, -0.15) is 4.98 Å². The number of hydrogen-bond donors (Lipinski definition) is 1. The molecular formula is C28H39ClN4O2. The summed E-state index contributed by atoms with van der Waals surface area (Å²) in [6.07, 6.45) is 7.54. The lowest BCUT2D eigenvalue weighted by molar-refractivity contribution is 0.102. The molecule has 0 atom stereocenters. The van der Waals surface area contributed by atoms with Crippen molar-refractivity contribution in [2.75, 3.05) is 43.4 Å². The Bertz CT molecular complexity index is 1070. The van der Waals surface area contributed by atoms with Crippen LogP contribution in [0, 0.1) is 0 Å². The topological polar surface area (TPSA) is 61.6 Å². The quantitative estimate of drug-likeness (QED) is 0.336. The van der Waals surface area contributed by atoms with E-state index in [0.29, 0.717) is 17.5 Å². The fourth-order valence-electron chi connectivity index (χ4n) is 4.87. The smallest absolute Gasteiger partial charge is 0.298 e. The summed E-state index contributed by atoms with van der Waals surface area (Å²) in [6, 6.07) is 14.3. The van der Waals surface area contributed by atoms with Crippen molar-refractivity contribution in [3.63, 3.8) is 0 Å². The number of hydrogen-bond acceptors (Lipinski definition) is 5. The molecule has 0 saturated heterocycles. The van der Waals surface area contributed by atoms with E-state index in [1.54, 1.807) is 0 Å². The molecule has 6 nitrogen and oxygen atoms in total. The predicted octanol–water partition coefficient (Wildman–Crippen LogP) is 6.72. The van der Waals surface area contributed by atoms with Gasteiger partial charge in [-0.25, -0.2) is 0 Å². The number of rotatable bonds is 10. The van der Waals surface area contributed by atoms with Gasteiger partial charge in [0.2, 0.25) is 0 Å². The van der Waals surface area contributed by atoms with Crippen molar-refractivity contribution in [1.82, 2.24) is 9.88 Å². The van der Waals surface area contributed by atoms with Crippen LogP contribution >= 0.6 is 12.4 Å². The molecule has 0 bridgehead atoms. The standard InChI is InChI=1S/C28H38N4O2.ClH/c1-4-32(5-2)19-9-18-31(3)28-30-25-20-24(16-17-26(25)34-28)29-27(33)23-14-12-22(13-15-23)21-10-7-6-8-11-21;/h12-17,20-21H,4-11,18-19H2,1-3H3,(H,29,33);1H. The zero-order valence-electron chi connectivity index (χ0n) is 21.3. The van der Waals surface area contributed by atoms with E-state index in [-0.39, 0.29) is 18.3 Å². The summed E-state index contributed by atoms with van der Waals surface area (Å²) in [5, 5.41) is 3.01. The van der Waals surface area contributed by atoms with Crippen LogP contribution in [0.25, 0.3) is 11.1 Å². The van der Waals surface area contributed by atoms with Gasteiger partial charge in [-0.1, -0.05) is 45.2 Å². The molecular weight excluding hydrogens is 460 g/mol. The van der Waals surface area contributed by atoms with Crippen molar-refractivity contribution in [1.29, 1.82) is 0 Å². The van der Waals surface area contributed by atoms with E-state index in [9.17, 15) is 4.79 Å². The minimum absolute atomic E-state index is 0. The molecule has 1 fully saturated rings. The second-order valence-electron chi connectivity index (χ2n) is 9.39. The minimum Gasteiger partial charge on any atom is -0.423 e. The van der Waals surface area contributed by atoms with E-state index >= 15 is 0 Å². The molecule has 7 heteroatoms. The normalized spacial score (nSPS) is 14.2. The Balaban J connectivity index is 0.00000342. The first kappa shape index (κ1) is 27.0. The van der Waals surface area contributed by atoms with Gasteiger partial charge in [0.1, 0.15) is 5.52 Å². The van der Waals surface area contributed by atoms with Crippen LogP contribution in [0.2, 0.25) is 0 Å². The molecule has 2 aromatic carbocycles. The van der Waals surface area contributed by atoms with Gasteiger partial charge in [-0.15, -0.1) is 12.4 Å². The maximum absolute atomic E-state index is 12.8. The number of nitrogens with one attached hydrogen (secondary N) is 1. The fraction of sp³-hybridized carbons (Fsp3) is 0.500. The zero-order valence-corrected chi connectivity index (χ0v) is 22.1. The Morgan fingerprint density at radius 3 is 2.43 bits per heavy atom. The maximum atomic E-state index is 12.8. The van der Waals surface area contributed by atoms with E-state index in [2.05, 4.69) is 46.1 Å². The van der Waals surface area contributed by atoms with E-state index in [0.717, 1.165) is 49.4 Å². The van der Waals surface area contributed by atoms with Crippen LogP contribution in [-0.2, 0) is 0 Å². The highest BCUT2D eigenvalue weighted by Gasteiger charge is 2.16. The molecule has 1 N–H and O–H groups in total. The summed E-state index contributed by atoms with van der Waals surface area (Å²) in [5.41, 5.74) is 4.22. The number of nitrogens with zero attached hydrogens (tertiary/aromatic N) is 3. The highest BCUT2D eigenvalue weighted by molar-refractivity contribution is 6.05. The number of amides is 1. The Morgan fingerprint density at radius 2 is 1.74 bits per heavy atom. The minimum atomic E-state index is -0.105. The molecule has 1 amide bonds. The molecule has 1 aliphatic rings. The molecule has 4 rings (SSSR count). The summed E-state index contributed by atoms with van der Waals surface area (Å²) in [4.78, 5) is 21.9. The van der Waals surface area contributed by atoms with Crippen molar-refractivity contribution in [3.05, 3.63) is 53.6 Å². The van der Waals surface area contributed by atoms with Gasteiger partial charge in [0.25, 0.3) is 11.9 Å². The summed E-state index contributed by atoms with van der Waals surface area (Å²) in [7, 11) is 2.01. The average molecular weight is 499 g/mol. The average Bonchev–Trinajstić information content (AvgIpc) is 3.31. The lowest BCUT2D eigenvalue weighted by atomic mass is 9.84. The van der Waals surface area contributed by atoms with Crippen LogP contribution in [0.15, 0.2) is 46.9 Å². The fourth-order valence-corrected chi connectivity index (χ4v) is 4.87. The first-order valence-electron chi connectivity index (χ1n) is 12.8. The molecule has 0 unspecified atom stereocenters. The second-order valence-corrected chi connectivity index (χ2v) is 9.39. The SMILES string of the molecule is CCN(CC)CCCN(C)c1nc2cc(NC(=O)c3ccc(C4CCCCC4)cc3)ccc2o1.Cl. The van der Waals surface area contributed by atoms with Crippen molar-refractivity contribution >= 4 is 41.1 Å². The molecule has 190 valence electrons. The lowest BCUT2D eigenvalue weighted by Gasteiger charge is -2.22. The molecule has 1 saturated carbocycles. The summed E-state index contributed by atoms with van der Waals surface area (Å²) < 4.78 is 5.94. The number of oxazole rings is 1. The lowest BCUT2D eigenvalue weighted by Crippen LogP contribution is -2.28. The van der Waals surface area contributed by atoms with Gasteiger partial charge < -0.3 is 19.5 Å². The summed E-state index contributed by atoms with van der Waals surface area (Å²) in [6.45, 7) is 8.47. The van der Waals surface area contributed by atoms with Crippen LogP contribution in [0.3, 0.4) is 0 Å². The Kier molecular flexibility index (Phi) is 9.99. The van der Waals surface area contributed by atoms with E-state index < -0.39 is 0 Å². The van der Waals surface area contributed by atoms with Crippen LogP contribution in [-0.4, -0.2) is 49.0 Å². The van der Waals surface area contributed by atoms with Crippen molar-refractivity contribution < 1.29 is 9.21 Å². The molecule has 0 aliphatic heterocycles. The van der Waals surface area contributed by atoms with E-state index in [4.69, 9.17) is 4.42 Å². The Hall–Kier alpha value is -2.57. The largest absolute Gasteiger partial charge is 0.423 e. The number of aromatic nitrogens is 1. The zero-order chi connectivity index (χ0) is 23.9. The van der Waals surface area contributed by atoms with Gasteiger partial charge in [-0.05, 0) is 80.7 Å². The molecule has 1 aliphatic carbocycles. The maximum Gasteiger partial charge on any atom is 0.298 e. The number of benzene rings is 2. The van der Waals surface area contributed by atoms with E-state index in [1.165, 1.54) is 37.7 Å². The van der Waals surface area contributed by atoms with E-state index in [1.807, 2.05) is 37.4 Å². The highest BCUT2D eigenvalue weighted by Crippen LogP contribution is 2.32. The highest BCUT2D eigenvalue weighted by atomic mass is 35.5. The monoisotopic (exact) mass is 498 g/mol. The number of carbonyl (C=O) groups excluding carboxylic acids is 1. The number of fused-ring (bicyclic) bond motifs is 1. The Morgan fingerprint density at radius 1 is 1.03 bits per heavy atom. The summed E-state index contributed by atoms with van der Waals surface area (Å²) in [5.74, 6) is 0.539. The van der Waals surface area contributed by atoms with Crippen LogP contribution in [0.5, 0.6) is 0 Å². The third-order valence-corrected chi connectivity index (χ3v) is 7.07. The summed E-state index contributed by atoms with van der Waals surface area (Å²) >= 11 is 0. The second kappa shape index (κ2) is 12.9. The van der Waals surface area contributed by atoms with Crippen molar-refractivity contribution in [3.8, 4) is 0 Å². The van der Waals surface area contributed by atoms with Gasteiger partial charge in [0.05, 0.1) is 0 Å². The van der Waals surface area contributed by atoms with Gasteiger partial charge in [0, 0.05) is 24.8 Å². The number of anilines is 2. The Labute approximate surface area is 215 Å². The van der Waals surface area contributed by atoms with Crippen LogP contribution < -0.4 is 10.2 Å². The van der Waals surface area contributed by atoms with Gasteiger partial charge >= 0.3 is 0 Å². The molecule has 3 aromatic rings. The molecule has 1 heterocycles. The third-order valence-electron chi connectivity index (χ3n) is 7.07.